The van der Waals surface area contributed by atoms with Gasteiger partial charge >= 0.3 is 5.97 Å². The van der Waals surface area contributed by atoms with Crippen molar-refractivity contribution in [2.75, 3.05) is 32.9 Å². The van der Waals surface area contributed by atoms with Crippen molar-refractivity contribution in [3.05, 3.63) is 22.6 Å². The van der Waals surface area contributed by atoms with Gasteiger partial charge in [0.2, 0.25) is 5.91 Å². The van der Waals surface area contributed by atoms with Crippen molar-refractivity contribution in [1.29, 1.82) is 0 Å². The number of oxime groups is 1. The number of hydrogen-bond acceptors (Lipinski definition) is 12. The monoisotopic (exact) mass is 765 g/mol. The van der Waals surface area contributed by atoms with Gasteiger partial charge in [-0.25, -0.2) is 9.78 Å². The second-order valence-electron chi connectivity index (χ2n) is 13.6. The highest BCUT2D eigenvalue weighted by molar-refractivity contribution is 8.02. The van der Waals surface area contributed by atoms with Gasteiger partial charge in [-0.3, -0.25) is 9.59 Å². The Kier molecular flexibility index (Phi) is 22.0. The number of carbonyl (C=O) groups excluding carboxylic acids is 3. The van der Waals surface area contributed by atoms with Crippen molar-refractivity contribution in [1.82, 2.24) is 15.2 Å². The van der Waals surface area contributed by atoms with E-state index in [1.54, 1.807) is 16.9 Å². The number of thiazole rings is 1. The SMILES string of the molecule is CCCCCCCCCCCCOC(CCCCCCCCCC)COCOC(=O)C1C=CS[C@H]2C(NC(=O)C(=NOC)c3csc(N)n3)C(=O)N12. The topological polar surface area (TPSA) is 155 Å². The molecule has 2 amide bonds. The maximum Gasteiger partial charge on any atom is 0.335 e. The lowest BCUT2D eigenvalue weighted by atomic mass is 10.0. The number of fused-ring (bicyclic) bond motifs is 1. The summed E-state index contributed by atoms with van der Waals surface area (Å²) in [5.74, 6) is -1.63. The van der Waals surface area contributed by atoms with E-state index in [9.17, 15) is 14.4 Å². The number of aromatic nitrogens is 1. The average molecular weight is 766 g/mol. The number of rotatable bonds is 30. The fourth-order valence-corrected chi connectivity index (χ4v) is 8.03. The molecule has 4 atom stereocenters. The van der Waals surface area contributed by atoms with E-state index >= 15 is 0 Å². The molecule has 1 saturated heterocycles. The van der Waals surface area contributed by atoms with E-state index < -0.39 is 35.2 Å². The first kappa shape index (κ1) is 43.7. The van der Waals surface area contributed by atoms with Crippen LogP contribution in [0.25, 0.3) is 0 Å². The third kappa shape index (κ3) is 15.4. The van der Waals surface area contributed by atoms with Gasteiger partial charge < -0.3 is 35.0 Å². The Morgan fingerprint density at radius 2 is 1.56 bits per heavy atom. The summed E-state index contributed by atoms with van der Waals surface area (Å²) in [6.45, 7) is 5.31. The Hall–Kier alpha value is -2.68. The molecule has 2 aliphatic rings. The molecule has 12 nitrogen and oxygen atoms in total. The second-order valence-corrected chi connectivity index (χ2v) is 15.5. The Balaban J connectivity index is 1.39. The van der Waals surface area contributed by atoms with Crippen molar-refractivity contribution >= 4 is 51.7 Å². The van der Waals surface area contributed by atoms with E-state index in [1.807, 2.05) is 0 Å². The molecule has 52 heavy (non-hydrogen) atoms. The van der Waals surface area contributed by atoms with Gasteiger partial charge in [-0.05, 0) is 24.3 Å². The molecule has 2 aliphatic heterocycles. The Morgan fingerprint density at radius 1 is 0.942 bits per heavy atom. The van der Waals surface area contributed by atoms with Gasteiger partial charge in [0, 0.05) is 12.0 Å². The number of ether oxygens (including phenoxy) is 3. The predicted octanol–water partition coefficient (Wildman–Crippen LogP) is 7.71. The predicted molar refractivity (Wildman–Crippen MR) is 209 cm³/mol. The summed E-state index contributed by atoms with van der Waals surface area (Å²) < 4.78 is 17.5. The lowest BCUT2D eigenvalue weighted by molar-refractivity contribution is -0.172. The van der Waals surface area contributed by atoms with Gasteiger partial charge in [-0.1, -0.05) is 128 Å². The number of carbonyl (C=O) groups is 3. The number of nitrogens with two attached hydrogens (primary N) is 1. The molecule has 0 saturated carbocycles. The third-order valence-electron chi connectivity index (χ3n) is 9.37. The minimum atomic E-state index is -0.915. The maximum atomic E-state index is 13.2. The van der Waals surface area contributed by atoms with Crippen LogP contribution >= 0.6 is 23.1 Å². The van der Waals surface area contributed by atoms with Gasteiger partial charge in [0.25, 0.3) is 5.91 Å². The highest BCUT2D eigenvalue weighted by Gasteiger charge is 2.54. The van der Waals surface area contributed by atoms with Gasteiger partial charge in [0.05, 0.1) is 12.7 Å². The fourth-order valence-electron chi connectivity index (χ4n) is 6.37. The number of β-lactam (4-membered cyclic amide) rings is 1. The van der Waals surface area contributed by atoms with Crippen LogP contribution in [0, 0.1) is 0 Å². The molecular formula is C38H63N5O7S2. The molecule has 1 fully saturated rings. The first-order chi connectivity index (χ1) is 25.4. The molecule has 0 radical (unpaired) electrons. The van der Waals surface area contributed by atoms with E-state index in [0.717, 1.165) is 30.6 Å². The van der Waals surface area contributed by atoms with Crippen molar-refractivity contribution < 1.29 is 33.4 Å². The minimum Gasteiger partial charge on any atom is -0.437 e. The van der Waals surface area contributed by atoms with Crippen molar-refractivity contribution in [3.63, 3.8) is 0 Å². The van der Waals surface area contributed by atoms with Crippen molar-refractivity contribution in [3.8, 4) is 0 Å². The van der Waals surface area contributed by atoms with Gasteiger partial charge in [0.15, 0.2) is 17.6 Å². The maximum absolute atomic E-state index is 13.2. The summed E-state index contributed by atoms with van der Waals surface area (Å²) in [6.07, 6.45) is 25.3. The zero-order valence-corrected chi connectivity index (χ0v) is 33.3. The van der Waals surface area contributed by atoms with E-state index in [0.29, 0.717) is 13.2 Å². The average Bonchev–Trinajstić information content (AvgIpc) is 3.58. The Labute approximate surface area is 319 Å². The molecule has 0 spiro atoms. The van der Waals surface area contributed by atoms with Crippen LogP contribution in [0.15, 0.2) is 22.0 Å². The standard InChI is InChI=1S/C38H63N5O7S2/c1-4-6-8-10-12-14-15-17-19-21-24-49-29(22-20-18-16-13-11-9-7-5-2)26-48-28-50-37(46)31-23-25-51-36-33(35(45)43(31)36)41-34(44)32(42-47-3)30-27-52-38(39)40-30/h23,25,27,29,31,33,36H,4-22,24,26,28H2,1-3H3,(H2,39,40)(H,41,44)/t29?,31?,33?,36-/m0/s1. The number of thioether (sulfide) groups is 1. The molecule has 0 bridgehead atoms. The van der Waals surface area contributed by atoms with Gasteiger partial charge in [-0.2, -0.15) is 0 Å². The summed E-state index contributed by atoms with van der Waals surface area (Å²) >= 11 is 2.48. The summed E-state index contributed by atoms with van der Waals surface area (Å²) in [5.41, 5.74) is 5.86. The summed E-state index contributed by atoms with van der Waals surface area (Å²) in [4.78, 5) is 49.6. The molecule has 0 aliphatic carbocycles. The van der Waals surface area contributed by atoms with E-state index in [4.69, 9.17) is 24.8 Å². The minimum absolute atomic E-state index is 0.0543. The summed E-state index contributed by atoms with van der Waals surface area (Å²) in [6, 6.07) is -1.78. The molecule has 294 valence electrons. The molecule has 3 rings (SSSR count). The first-order valence-electron chi connectivity index (χ1n) is 19.5. The zero-order chi connectivity index (χ0) is 37.4. The molecule has 3 unspecified atom stereocenters. The molecule has 1 aromatic heterocycles. The zero-order valence-electron chi connectivity index (χ0n) is 31.7. The lowest BCUT2D eigenvalue weighted by Crippen LogP contribution is -2.73. The van der Waals surface area contributed by atoms with E-state index in [2.05, 4.69) is 29.3 Å². The van der Waals surface area contributed by atoms with Crippen molar-refractivity contribution in [2.24, 2.45) is 5.16 Å². The summed E-state index contributed by atoms with van der Waals surface area (Å²) in [7, 11) is 1.31. The molecule has 3 heterocycles. The molecule has 1 aromatic rings. The van der Waals surface area contributed by atoms with Crippen LogP contribution in [0.3, 0.4) is 0 Å². The molecule has 0 aromatic carbocycles. The van der Waals surface area contributed by atoms with E-state index in [-0.39, 0.29) is 29.4 Å². The van der Waals surface area contributed by atoms with Gasteiger partial charge in [-0.15, -0.1) is 23.1 Å². The summed E-state index contributed by atoms with van der Waals surface area (Å²) in [5, 5.41) is 9.58. The number of nitrogen functional groups attached to an aromatic ring is 1. The fraction of sp³-hybridized carbons (Fsp3) is 0.763. The Bertz CT molecular complexity index is 1250. The van der Waals surface area contributed by atoms with E-state index in [1.165, 1.54) is 127 Å². The second kappa shape index (κ2) is 26.2. The number of nitrogens with one attached hydrogen (secondary N) is 1. The van der Waals surface area contributed by atoms with Crippen LogP contribution < -0.4 is 11.1 Å². The van der Waals surface area contributed by atoms with Crippen LogP contribution in [-0.4, -0.2) is 84.1 Å². The number of hydrogen-bond donors (Lipinski definition) is 2. The normalized spacial score (nSPS) is 18.9. The quantitative estimate of drug-likeness (QED) is 0.0199. The number of amides is 2. The molecule has 14 heteroatoms. The highest BCUT2D eigenvalue weighted by Crippen LogP contribution is 2.37. The third-order valence-corrected chi connectivity index (χ3v) is 11.1. The van der Waals surface area contributed by atoms with Crippen molar-refractivity contribution in [2.45, 2.75) is 159 Å². The van der Waals surface area contributed by atoms with Crippen LogP contribution in [0.5, 0.6) is 0 Å². The number of unbranched alkanes of at least 4 members (excludes halogenated alkanes) is 16. The smallest absolute Gasteiger partial charge is 0.335 e. The number of anilines is 1. The lowest BCUT2D eigenvalue weighted by Gasteiger charge is -2.50. The molecular weight excluding hydrogens is 703 g/mol. The highest BCUT2D eigenvalue weighted by atomic mass is 32.2. The van der Waals surface area contributed by atoms with Gasteiger partial charge in [0.1, 0.15) is 30.3 Å². The largest absolute Gasteiger partial charge is 0.437 e. The van der Waals surface area contributed by atoms with Crippen LogP contribution in [0.4, 0.5) is 5.13 Å². The molecule has 3 N–H and O–H groups in total. The number of esters is 1. The first-order valence-corrected chi connectivity index (χ1v) is 21.4. The van der Waals surface area contributed by atoms with Crippen LogP contribution in [0.2, 0.25) is 0 Å². The number of nitrogens with zero attached hydrogens (tertiary/aromatic N) is 3. The van der Waals surface area contributed by atoms with Crippen LogP contribution in [-0.2, 0) is 33.4 Å². The Morgan fingerprint density at radius 3 is 2.15 bits per heavy atom. The van der Waals surface area contributed by atoms with Crippen LogP contribution in [0.1, 0.15) is 142 Å².